The molecule has 0 spiro atoms. The molecule has 0 aliphatic carbocycles. The van der Waals surface area contributed by atoms with Crippen LogP contribution in [0.1, 0.15) is 11.4 Å². The van der Waals surface area contributed by atoms with Gasteiger partial charge in [0.1, 0.15) is 11.6 Å². The number of rotatable bonds is 3. The van der Waals surface area contributed by atoms with Gasteiger partial charge in [-0.2, -0.15) is 17.7 Å². The zero-order valence-corrected chi connectivity index (χ0v) is 15.5. The molecule has 0 unspecified atom stereocenters. The zero-order chi connectivity index (χ0) is 19.9. The van der Waals surface area contributed by atoms with Gasteiger partial charge in [-0.15, -0.1) is 27.9 Å². The first-order chi connectivity index (χ1) is 13.3. The number of aromatic nitrogens is 4. The number of fused-ring (bicyclic) bond motifs is 1. The Hall–Kier alpha value is -2.40. The number of anilines is 1. The first-order valence-electron chi connectivity index (χ1n) is 8.55. The summed E-state index contributed by atoms with van der Waals surface area (Å²) in [6.45, 7) is 3.10. The Morgan fingerprint density at radius 1 is 1.00 bits per heavy atom. The van der Waals surface area contributed by atoms with E-state index in [4.69, 9.17) is 0 Å². The normalized spacial score (nSPS) is 16.1. The van der Waals surface area contributed by atoms with Crippen LogP contribution in [0.4, 0.5) is 23.4 Å². The number of benzene rings is 1. The number of nitrogens with zero attached hydrogens (tertiary/aromatic N) is 6. The number of hydrogen-bond acceptors (Lipinski definition) is 6. The summed E-state index contributed by atoms with van der Waals surface area (Å²) in [6.07, 6.45) is -4.62. The molecule has 3 aromatic rings. The summed E-state index contributed by atoms with van der Waals surface area (Å²) in [5.74, 6) is -1.04. The maximum absolute atomic E-state index is 13.5. The Balaban J connectivity index is 1.46. The second-order valence-electron chi connectivity index (χ2n) is 6.56. The maximum atomic E-state index is 13.5. The number of alkyl halides is 3. The van der Waals surface area contributed by atoms with E-state index in [1.165, 1.54) is 18.2 Å². The van der Waals surface area contributed by atoms with E-state index in [1.54, 1.807) is 6.07 Å². The van der Waals surface area contributed by atoms with Gasteiger partial charge in [0.2, 0.25) is 0 Å². The van der Waals surface area contributed by atoms with Gasteiger partial charge in [-0.1, -0.05) is 0 Å². The van der Waals surface area contributed by atoms with Crippen molar-refractivity contribution in [3.05, 3.63) is 47.5 Å². The summed E-state index contributed by atoms with van der Waals surface area (Å²) in [6, 6.07) is 7.76. The minimum absolute atomic E-state index is 0.0448. The van der Waals surface area contributed by atoms with Crippen LogP contribution in [-0.2, 0) is 12.7 Å². The van der Waals surface area contributed by atoms with Crippen molar-refractivity contribution < 1.29 is 17.6 Å². The van der Waals surface area contributed by atoms with Gasteiger partial charge in [0.05, 0.1) is 0 Å². The van der Waals surface area contributed by atoms with Gasteiger partial charge in [0.15, 0.2) is 5.65 Å². The van der Waals surface area contributed by atoms with Crippen LogP contribution in [0.2, 0.25) is 0 Å². The quantitative estimate of drug-likeness (QED) is 0.530. The van der Waals surface area contributed by atoms with Gasteiger partial charge in [0.25, 0.3) is 5.82 Å². The Morgan fingerprint density at radius 2 is 1.75 bits per heavy atom. The third-order valence-corrected chi connectivity index (χ3v) is 4.81. The maximum Gasteiger partial charge on any atom is 0.453 e. The van der Waals surface area contributed by atoms with E-state index in [0.717, 1.165) is 10.1 Å². The summed E-state index contributed by atoms with van der Waals surface area (Å²) < 4.78 is 53.3. The van der Waals surface area contributed by atoms with Gasteiger partial charge >= 0.3 is 6.18 Å². The molecule has 1 aliphatic rings. The van der Waals surface area contributed by atoms with E-state index < -0.39 is 12.0 Å². The predicted molar refractivity (Wildman–Crippen MR) is 96.9 cm³/mol. The molecule has 6 nitrogen and oxygen atoms in total. The molecule has 1 aliphatic heterocycles. The molecule has 28 heavy (non-hydrogen) atoms. The second-order valence-corrected chi connectivity index (χ2v) is 7.08. The molecule has 0 radical (unpaired) electrons. The highest BCUT2D eigenvalue weighted by molar-refractivity contribution is 7.80. The van der Waals surface area contributed by atoms with E-state index in [0.29, 0.717) is 43.4 Å². The van der Waals surface area contributed by atoms with Crippen molar-refractivity contribution in [3.63, 3.8) is 0 Å². The average Bonchev–Trinajstić information content (AvgIpc) is 3.05. The smallest absolute Gasteiger partial charge is 0.353 e. The van der Waals surface area contributed by atoms with E-state index in [9.17, 15) is 17.6 Å². The molecular formula is C17H16F4N6S. The van der Waals surface area contributed by atoms with Crippen LogP contribution in [0.25, 0.3) is 5.65 Å². The van der Waals surface area contributed by atoms with Crippen LogP contribution >= 0.6 is 12.6 Å². The van der Waals surface area contributed by atoms with Crippen molar-refractivity contribution in [1.29, 1.82) is 0 Å². The predicted octanol–water partition coefficient (Wildman–Crippen LogP) is 2.89. The number of thiol groups is 1. The first-order valence-corrected chi connectivity index (χ1v) is 9.00. The van der Waals surface area contributed by atoms with Gasteiger partial charge in [-0.3, -0.25) is 4.90 Å². The van der Waals surface area contributed by atoms with Gasteiger partial charge in [-0.05, 0) is 35.9 Å². The van der Waals surface area contributed by atoms with Crippen molar-refractivity contribution in [2.45, 2.75) is 17.6 Å². The molecule has 0 N–H and O–H groups in total. The Morgan fingerprint density at radius 3 is 2.43 bits per heavy atom. The molecular weight excluding hydrogens is 396 g/mol. The largest absolute Gasteiger partial charge is 0.453 e. The summed E-state index contributed by atoms with van der Waals surface area (Å²) in [7, 11) is 0. The van der Waals surface area contributed by atoms with Crippen LogP contribution < -0.4 is 4.90 Å². The minimum atomic E-state index is -4.62. The third-order valence-electron chi connectivity index (χ3n) is 4.55. The molecule has 3 heterocycles. The molecule has 0 atom stereocenters. The number of hydrogen-bond donors (Lipinski definition) is 1. The summed E-state index contributed by atoms with van der Waals surface area (Å²) in [4.78, 5) is 4.63. The molecule has 11 heteroatoms. The first kappa shape index (κ1) is 18.9. The number of piperazine rings is 1. The fourth-order valence-corrected chi connectivity index (χ4v) is 3.53. The summed E-state index contributed by atoms with van der Waals surface area (Å²) in [5, 5.41) is 10.8. The fraction of sp³-hybridized carbons (Fsp3) is 0.353. The SMILES string of the molecule is Fc1cc(S)cc(CN2CCN(c3ccc4nnc(C(F)(F)F)n4n3)CC2)c1. The molecule has 1 saturated heterocycles. The molecule has 0 bridgehead atoms. The van der Waals surface area contributed by atoms with Crippen molar-refractivity contribution in [1.82, 2.24) is 24.7 Å². The Kier molecular flexibility index (Phi) is 4.88. The topological polar surface area (TPSA) is 49.6 Å². The lowest BCUT2D eigenvalue weighted by Gasteiger charge is -2.35. The van der Waals surface area contributed by atoms with Crippen molar-refractivity contribution in [2.24, 2.45) is 0 Å². The van der Waals surface area contributed by atoms with Gasteiger partial charge < -0.3 is 4.90 Å². The highest BCUT2D eigenvalue weighted by atomic mass is 32.1. The molecule has 2 aromatic heterocycles. The van der Waals surface area contributed by atoms with Crippen molar-refractivity contribution in [2.75, 3.05) is 31.1 Å². The van der Waals surface area contributed by atoms with E-state index in [-0.39, 0.29) is 11.5 Å². The van der Waals surface area contributed by atoms with Crippen LogP contribution in [-0.4, -0.2) is 50.9 Å². The molecule has 4 rings (SSSR count). The summed E-state index contributed by atoms with van der Waals surface area (Å²) >= 11 is 4.19. The van der Waals surface area contributed by atoms with Gasteiger partial charge in [0, 0.05) is 37.6 Å². The van der Waals surface area contributed by atoms with Crippen LogP contribution in [0, 0.1) is 5.82 Å². The lowest BCUT2D eigenvalue weighted by atomic mass is 10.2. The van der Waals surface area contributed by atoms with E-state index in [1.807, 2.05) is 11.0 Å². The number of halogens is 4. The standard InChI is InChI=1S/C17H16F4N6S/c18-12-7-11(8-13(28)9-12)10-25-3-5-26(6-4-25)15-2-1-14-22-23-16(17(19,20)21)27(14)24-15/h1-2,7-9,28H,3-6,10H2. The highest BCUT2D eigenvalue weighted by Gasteiger charge is 2.37. The highest BCUT2D eigenvalue weighted by Crippen LogP contribution is 2.28. The monoisotopic (exact) mass is 412 g/mol. The third kappa shape index (κ3) is 3.90. The van der Waals surface area contributed by atoms with Crippen molar-refractivity contribution in [3.8, 4) is 0 Å². The minimum Gasteiger partial charge on any atom is -0.353 e. The fourth-order valence-electron chi connectivity index (χ4n) is 3.24. The second kappa shape index (κ2) is 7.21. The Labute approximate surface area is 163 Å². The lowest BCUT2D eigenvalue weighted by molar-refractivity contribution is -0.146. The van der Waals surface area contributed by atoms with E-state index >= 15 is 0 Å². The lowest BCUT2D eigenvalue weighted by Crippen LogP contribution is -2.46. The van der Waals surface area contributed by atoms with Crippen LogP contribution in [0.5, 0.6) is 0 Å². The average molecular weight is 412 g/mol. The molecule has 0 saturated carbocycles. The zero-order valence-electron chi connectivity index (χ0n) is 14.6. The molecule has 148 valence electrons. The molecule has 0 amide bonds. The van der Waals surface area contributed by atoms with Crippen molar-refractivity contribution >= 4 is 24.1 Å². The molecule has 1 aromatic carbocycles. The molecule has 1 fully saturated rings. The van der Waals surface area contributed by atoms with Crippen LogP contribution in [0.15, 0.2) is 35.2 Å². The van der Waals surface area contributed by atoms with E-state index in [2.05, 4.69) is 32.8 Å². The summed E-state index contributed by atoms with van der Waals surface area (Å²) in [5.41, 5.74) is 0.876. The Bertz CT molecular complexity index is 977. The van der Waals surface area contributed by atoms with Crippen LogP contribution in [0.3, 0.4) is 0 Å². The van der Waals surface area contributed by atoms with Gasteiger partial charge in [-0.25, -0.2) is 4.39 Å².